The molecule has 0 aliphatic heterocycles. The highest BCUT2D eigenvalue weighted by Gasteiger charge is 2.10. The Morgan fingerprint density at radius 2 is 1.74 bits per heavy atom. The summed E-state index contributed by atoms with van der Waals surface area (Å²) in [5.41, 5.74) is 25.8. The molecule has 0 bridgehead atoms. The lowest BCUT2D eigenvalue weighted by molar-refractivity contribution is 0.0697. The number of nitrogens with two attached hydrogens (primary N) is 4. The van der Waals surface area contributed by atoms with Gasteiger partial charge in [0, 0.05) is 29.5 Å². The largest absolute Gasteiger partial charge is 0.478 e. The van der Waals surface area contributed by atoms with E-state index in [0.717, 1.165) is 0 Å². The van der Waals surface area contributed by atoms with Gasteiger partial charge in [0.1, 0.15) is 5.82 Å². The van der Waals surface area contributed by atoms with Gasteiger partial charge in [-0.15, -0.1) is 0 Å². The van der Waals surface area contributed by atoms with E-state index in [9.17, 15) is 9.18 Å². The number of hydrogen-bond acceptors (Lipinski definition) is 5. The fraction of sp³-hybridized carbons (Fsp3) is 0.250. The molecule has 0 heterocycles. The highest BCUT2D eigenvalue weighted by molar-refractivity contribution is 5.88. The summed E-state index contributed by atoms with van der Waals surface area (Å²) in [6, 6.07) is 8.70. The van der Waals surface area contributed by atoms with E-state index in [-0.39, 0.29) is 17.7 Å². The SMILES string of the molecule is CC.NCc1c(N)cc(CC(N)/C=C(\N)c2ccc(C(=O)O)cc2)cc1F. The van der Waals surface area contributed by atoms with Gasteiger partial charge in [-0.1, -0.05) is 26.0 Å². The maximum absolute atomic E-state index is 13.9. The third-order valence-electron chi connectivity index (χ3n) is 3.82. The first-order valence-corrected chi connectivity index (χ1v) is 8.65. The van der Waals surface area contributed by atoms with Crippen molar-refractivity contribution in [2.45, 2.75) is 32.9 Å². The quantitative estimate of drug-likeness (QED) is 0.492. The molecule has 2 aromatic rings. The van der Waals surface area contributed by atoms with Crippen molar-refractivity contribution < 1.29 is 14.3 Å². The highest BCUT2D eigenvalue weighted by Crippen LogP contribution is 2.20. The van der Waals surface area contributed by atoms with Crippen LogP contribution in [0.4, 0.5) is 10.1 Å². The van der Waals surface area contributed by atoms with E-state index in [1.54, 1.807) is 24.3 Å². The summed E-state index contributed by atoms with van der Waals surface area (Å²) in [7, 11) is 0. The van der Waals surface area contributed by atoms with Gasteiger partial charge in [-0.2, -0.15) is 0 Å². The third-order valence-corrected chi connectivity index (χ3v) is 3.82. The smallest absolute Gasteiger partial charge is 0.335 e. The molecule has 0 spiro atoms. The van der Waals surface area contributed by atoms with Crippen LogP contribution in [0.15, 0.2) is 42.5 Å². The topological polar surface area (TPSA) is 141 Å². The molecule has 7 heteroatoms. The lowest BCUT2D eigenvalue weighted by Gasteiger charge is -2.12. The zero-order valence-electron chi connectivity index (χ0n) is 15.6. The first kappa shape index (κ1) is 22.1. The average Bonchev–Trinajstić information content (AvgIpc) is 2.63. The summed E-state index contributed by atoms with van der Waals surface area (Å²) in [5, 5.41) is 8.89. The molecule has 27 heavy (non-hydrogen) atoms. The van der Waals surface area contributed by atoms with Crippen molar-refractivity contribution in [3.8, 4) is 0 Å². The highest BCUT2D eigenvalue weighted by atomic mass is 19.1. The second-order valence-corrected chi connectivity index (χ2v) is 5.72. The van der Waals surface area contributed by atoms with Crippen LogP contribution in [0.25, 0.3) is 5.70 Å². The third kappa shape index (κ3) is 6.09. The molecule has 0 fully saturated rings. The summed E-state index contributed by atoms with van der Waals surface area (Å²) < 4.78 is 13.9. The van der Waals surface area contributed by atoms with Crippen LogP contribution >= 0.6 is 0 Å². The van der Waals surface area contributed by atoms with E-state index < -0.39 is 17.8 Å². The van der Waals surface area contributed by atoms with E-state index in [4.69, 9.17) is 28.0 Å². The Morgan fingerprint density at radius 1 is 1.19 bits per heavy atom. The molecule has 2 aromatic carbocycles. The molecule has 0 aliphatic rings. The number of aromatic carboxylic acids is 1. The fourth-order valence-corrected chi connectivity index (χ4v) is 2.51. The van der Waals surface area contributed by atoms with E-state index in [1.165, 1.54) is 18.2 Å². The minimum absolute atomic E-state index is 0.0309. The molecule has 0 aliphatic carbocycles. The fourth-order valence-electron chi connectivity index (χ4n) is 2.51. The van der Waals surface area contributed by atoms with Gasteiger partial charge >= 0.3 is 5.97 Å². The zero-order valence-corrected chi connectivity index (χ0v) is 15.6. The number of rotatable bonds is 6. The molecule has 1 atom stereocenters. The Labute approximate surface area is 158 Å². The van der Waals surface area contributed by atoms with Crippen molar-refractivity contribution in [3.63, 3.8) is 0 Å². The zero-order chi connectivity index (χ0) is 20.6. The van der Waals surface area contributed by atoms with Crippen molar-refractivity contribution in [2.75, 3.05) is 5.73 Å². The first-order chi connectivity index (χ1) is 12.8. The molecule has 9 N–H and O–H groups in total. The Bertz CT molecular complexity index is 781. The van der Waals surface area contributed by atoms with E-state index >= 15 is 0 Å². The van der Waals surface area contributed by atoms with Crippen LogP contribution in [-0.2, 0) is 13.0 Å². The second-order valence-electron chi connectivity index (χ2n) is 5.72. The number of nitrogen functional groups attached to an aromatic ring is 1. The number of carboxylic acids is 1. The standard InChI is InChI=1S/C18H21FN4O2.C2H6/c19-15-6-10(7-17(23)14(15)9-20)5-13(21)8-16(22)11-1-3-12(4-2-11)18(24)25;1-2/h1-4,6-8,13H,5,9,20-23H2,(H,24,25);1-2H3/b16-8-;. The van der Waals surface area contributed by atoms with Gasteiger partial charge in [0.2, 0.25) is 0 Å². The summed E-state index contributed by atoms with van der Waals surface area (Å²) in [4.78, 5) is 10.8. The molecule has 6 nitrogen and oxygen atoms in total. The number of anilines is 1. The molecule has 0 amide bonds. The molecule has 146 valence electrons. The Morgan fingerprint density at radius 3 is 2.22 bits per heavy atom. The molecule has 0 aromatic heterocycles. The van der Waals surface area contributed by atoms with Gasteiger partial charge in [0.05, 0.1) is 5.56 Å². The van der Waals surface area contributed by atoms with E-state index in [2.05, 4.69) is 0 Å². The lowest BCUT2D eigenvalue weighted by atomic mass is 10.0. The van der Waals surface area contributed by atoms with Gasteiger partial charge in [0.25, 0.3) is 0 Å². The Kier molecular flexibility index (Phi) is 8.44. The number of halogens is 1. The summed E-state index contributed by atoms with van der Waals surface area (Å²) in [5.74, 6) is -1.46. The molecular formula is C20H27FN4O2. The van der Waals surface area contributed by atoms with Gasteiger partial charge in [0.15, 0.2) is 0 Å². The Balaban J connectivity index is 0.00000176. The molecular weight excluding hydrogens is 347 g/mol. The van der Waals surface area contributed by atoms with Gasteiger partial charge in [-0.25, -0.2) is 9.18 Å². The minimum atomic E-state index is -1.01. The maximum atomic E-state index is 13.9. The number of carbonyl (C=O) groups is 1. The summed E-state index contributed by atoms with van der Waals surface area (Å²) in [6.45, 7) is 4.03. The minimum Gasteiger partial charge on any atom is -0.478 e. The van der Waals surface area contributed by atoms with Crippen molar-refractivity contribution in [1.29, 1.82) is 0 Å². The van der Waals surface area contributed by atoms with Crippen LogP contribution in [0.1, 0.15) is 40.9 Å². The van der Waals surface area contributed by atoms with Crippen LogP contribution in [0.2, 0.25) is 0 Å². The maximum Gasteiger partial charge on any atom is 0.335 e. The summed E-state index contributed by atoms with van der Waals surface area (Å²) >= 11 is 0. The van der Waals surface area contributed by atoms with Crippen molar-refractivity contribution in [2.24, 2.45) is 17.2 Å². The lowest BCUT2D eigenvalue weighted by Crippen LogP contribution is -2.22. The number of benzene rings is 2. The predicted octanol–water partition coefficient (Wildman–Crippen LogP) is 2.46. The molecule has 0 saturated carbocycles. The normalized spacial score (nSPS) is 12.1. The van der Waals surface area contributed by atoms with Crippen molar-refractivity contribution in [3.05, 3.63) is 70.5 Å². The Hall–Kier alpha value is -2.90. The molecule has 1 unspecified atom stereocenters. The summed E-state index contributed by atoms with van der Waals surface area (Å²) in [6.07, 6.45) is 1.99. The van der Waals surface area contributed by atoms with Gasteiger partial charge in [-0.05, 0) is 47.9 Å². The second kappa shape index (κ2) is 10.3. The molecule has 2 rings (SSSR count). The predicted molar refractivity (Wildman–Crippen MR) is 107 cm³/mol. The van der Waals surface area contributed by atoms with Crippen LogP contribution in [0.3, 0.4) is 0 Å². The first-order valence-electron chi connectivity index (χ1n) is 8.65. The van der Waals surface area contributed by atoms with Crippen molar-refractivity contribution >= 4 is 17.4 Å². The van der Waals surface area contributed by atoms with Crippen LogP contribution in [0, 0.1) is 5.82 Å². The average molecular weight is 374 g/mol. The van der Waals surface area contributed by atoms with Crippen molar-refractivity contribution in [1.82, 2.24) is 0 Å². The van der Waals surface area contributed by atoms with Crippen LogP contribution < -0.4 is 22.9 Å². The molecule has 0 radical (unpaired) electrons. The number of carboxylic acid groups (broad SMARTS) is 1. The van der Waals surface area contributed by atoms with Gasteiger partial charge < -0.3 is 28.0 Å². The number of hydrogen-bond donors (Lipinski definition) is 5. The van der Waals surface area contributed by atoms with Gasteiger partial charge in [-0.3, -0.25) is 0 Å². The van der Waals surface area contributed by atoms with Crippen LogP contribution in [0.5, 0.6) is 0 Å². The monoisotopic (exact) mass is 374 g/mol. The van der Waals surface area contributed by atoms with E-state index in [1.807, 2.05) is 13.8 Å². The molecule has 0 saturated heterocycles. The van der Waals surface area contributed by atoms with E-state index in [0.29, 0.717) is 28.9 Å². The van der Waals surface area contributed by atoms with Crippen LogP contribution in [-0.4, -0.2) is 17.1 Å².